The maximum absolute atomic E-state index is 12.1. The summed E-state index contributed by atoms with van der Waals surface area (Å²) in [6, 6.07) is 3.98. The van der Waals surface area contributed by atoms with Crippen LogP contribution >= 0.6 is 0 Å². The number of aromatic nitrogens is 1. The van der Waals surface area contributed by atoms with E-state index in [1.54, 1.807) is 17.3 Å². The van der Waals surface area contributed by atoms with E-state index in [9.17, 15) is 4.79 Å². The van der Waals surface area contributed by atoms with Crippen LogP contribution in [0, 0.1) is 5.92 Å². The second-order valence-electron chi connectivity index (χ2n) is 6.27. The fraction of sp³-hybridized carbons (Fsp3) is 0.600. The highest BCUT2D eigenvalue weighted by Gasteiger charge is 2.37. The zero-order chi connectivity index (χ0) is 14.8. The highest BCUT2D eigenvalue weighted by molar-refractivity contribution is 5.68. The molecule has 20 heavy (non-hydrogen) atoms. The molecular formula is C15H23N3O2. The van der Waals surface area contributed by atoms with Gasteiger partial charge in [-0.1, -0.05) is 0 Å². The van der Waals surface area contributed by atoms with Gasteiger partial charge in [-0.3, -0.25) is 4.98 Å². The molecule has 5 heteroatoms. The number of nitrogens with zero attached hydrogens (tertiary/aromatic N) is 2. The molecule has 1 aliphatic heterocycles. The molecule has 5 nitrogen and oxygen atoms in total. The third-order valence-electron chi connectivity index (χ3n) is 3.53. The standard InChI is InChI=1S/C15H23N3O2/c1-15(2,3)20-14(19)18-9-12(8-16)13(10-18)11-4-6-17-7-5-11/h4-7,12-13H,8-10,16H2,1-3H3. The van der Waals surface area contributed by atoms with E-state index in [0.29, 0.717) is 19.6 Å². The maximum atomic E-state index is 12.1. The maximum Gasteiger partial charge on any atom is 0.410 e. The summed E-state index contributed by atoms with van der Waals surface area (Å²) in [6.45, 7) is 7.50. The van der Waals surface area contributed by atoms with Crippen molar-refractivity contribution < 1.29 is 9.53 Å². The van der Waals surface area contributed by atoms with Gasteiger partial charge in [0.25, 0.3) is 0 Å². The molecule has 1 amide bonds. The Morgan fingerprint density at radius 2 is 2.05 bits per heavy atom. The van der Waals surface area contributed by atoms with Crippen LogP contribution in [0.1, 0.15) is 32.3 Å². The third-order valence-corrected chi connectivity index (χ3v) is 3.53. The first-order valence-corrected chi connectivity index (χ1v) is 6.98. The number of hydrogen-bond acceptors (Lipinski definition) is 4. The fourth-order valence-electron chi connectivity index (χ4n) is 2.57. The van der Waals surface area contributed by atoms with Gasteiger partial charge in [0.15, 0.2) is 0 Å². The van der Waals surface area contributed by atoms with Gasteiger partial charge >= 0.3 is 6.09 Å². The summed E-state index contributed by atoms with van der Waals surface area (Å²) >= 11 is 0. The molecule has 0 radical (unpaired) electrons. The monoisotopic (exact) mass is 277 g/mol. The summed E-state index contributed by atoms with van der Waals surface area (Å²) in [7, 11) is 0. The van der Waals surface area contributed by atoms with Crippen LogP contribution in [0.15, 0.2) is 24.5 Å². The molecule has 2 unspecified atom stereocenters. The smallest absolute Gasteiger partial charge is 0.410 e. The largest absolute Gasteiger partial charge is 0.444 e. The molecule has 0 aromatic carbocycles. The zero-order valence-corrected chi connectivity index (χ0v) is 12.4. The van der Waals surface area contributed by atoms with Crippen molar-refractivity contribution in [2.75, 3.05) is 19.6 Å². The Kier molecular flexibility index (Phi) is 4.28. The number of ether oxygens (including phenoxy) is 1. The van der Waals surface area contributed by atoms with Gasteiger partial charge in [-0.15, -0.1) is 0 Å². The van der Waals surface area contributed by atoms with Crippen molar-refractivity contribution in [3.63, 3.8) is 0 Å². The minimum Gasteiger partial charge on any atom is -0.444 e. The molecule has 2 rings (SSSR count). The van der Waals surface area contributed by atoms with Gasteiger partial charge in [0, 0.05) is 31.4 Å². The van der Waals surface area contributed by atoms with Crippen molar-refractivity contribution in [2.45, 2.75) is 32.3 Å². The van der Waals surface area contributed by atoms with E-state index in [1.165, 1.54) is 5.56 Å². The Morgan fingerprint density at radius 1 is 1.40 bits per heavy atom. The summed E-state index contributed by atoms with van der Waals surface area (Å²) in [6.07, 6.45) is 3.30. The molecule has 2 N–H and O–H groups in total. The van der Waals surface area contributed by atoms with E-state index >= 15 is 0 Å². The molecule has 2 heterocycles. The number of pyridine rings is 1. The van der Waals surface area contributed by atoms with E-state index in [-0.39, 0.29) is 17.9 Å². The van der Waals surface area contributed by atoms with Crippen LogP contribution in [-0.2, 0) is 4.74 Å². The molecule has 2 atom stereocenters. The van der Waals surface area contributed by atoms with Crippen molar-refractivity contribution in [1.82, 2.24) is 9.88 Å². The molecule has 0 bridgehead atoms. The summed E-state index contributed by atoms with van der Waals surface area (Å²) in [4.78, 5) is 17.9. The van der Waals surface area contributed by atoms with Crippen LogP contribution in [0.25, 0.3) is 0 Å². The summed E-state index contributed by atoms with van der Waals surface area (Å²) in [5.41, 5.74) is 6.57. The molecule has 1 fully saturated rings. The van der Waals surface area contributed by atoms with Crippen LogP contribution in [0.5, 0.6) is 0 Å². The van der Waals surface area contributed by atoms with Gasteiger partial charge in [0.1, 0.15) is 5.60 Å². The molecule has 1 aliphatic rings. The second-order valence-corrected chi connectivity index (χ2v) is 6.27. The molecular weight excluding hydrogens is 254 g/mol. The van der Waals surface area contributed by atoms with E-state index in [0.717, 1.165) is 0 Å². The Hall–Kier alpha value is -1.62. The summed E-state index contributed by atoms with van der Waals surface area (Å²) in [5.74, 6) is 0.528. The molecule has 110 valence electrons. The van der Waals surface area contributed by atoms with E-state index in [4.69, 9.17) is 10.5 Å². The van der Waals surface area contributed by atoms with Crippen LogP contribution in [-0.4, -0.2) is 41.2 Å². The van der Waals surface area contributed by atoms with Gasteiger partial charge < -0.3 is 15.4 Å². The molecule has 1 saturated heterocycles. The van der Waals surface area contributed by atoms with Crippen molar-refractivity contribution in [1.29, 1.82) is 0 Å². The van der Waals surface area contributed by atoms with Crippen LogP contribution in [0.3, 0.4) is 0 Å². The Bertz CT molecular complexity index is 456. The van der Waals surface area contributed by atoms with Crippen molar-refractivity contribution in [3.05, 3.63) is 30.1 Å². The summed E-state index contributed by atoms with van der Waals surface area (Å²) in [5, 5.41) is 0. The van der Waals surface area contributed by atoms with Crippen molar-refractivity contribution in [2.24, 2.45) is 11.7 Å². The molecule has 1 aromatic rings. The average molecular weight is 277 g/mol. The minimum absolute atomic E-state index is 0.257. The number of carbonyl (C=O) groups excluding carboxylic acids is 1. The Labute approximate surface area is 120 Å². The quantitative estimate of drug-likeness (QED) is 0.897. The van der Waals surface area contributed by atoms with Crippen molar-refractivity contribution in [3.8, 4) is 0 Å². The van der Waals surface area contributed by atoms with Gasteiger partial charge in [-0.25, -0.2) is 4.79 Å². The first kappa shape index (κ1) is 14.8. The lowest BCUT2D eigenvalue weighted by molar-refractivity contribution is 0.0287. The average Bonchev–Trinajstić information content (AvgIpc) is 2.82. The lowest BCUT2D eigenvalue weighted by Crippen LogP contribution is -2.35. The first-order chi connectivity index (χ1) is 9.40. The van der Waals surface area contributed by atoms with E-state index < -0.39 is 5.60 Å². The van der Waals surface area contributed by atoms with Gasteiger partial charge in [0.05, 0.1) is 0 Å². The van der Waals surface area contributed by atoms with E-state index in [2.05, 4.69) is 4.98 Å². The normalized spacial score (nSPS) is 22.9. The second kappa shape index (κ2) is 5.79. The number of carbonyl (C=O) groups is 1. The summed E-state index contributed by atoms with van der Waals surface area (Å²) < 4.78 is 5.43. The van der Waals surface area contributed by atoms with Crippen molar-refractivity contribution >= 4 is 6.09 Å². The van der Waals surface area contributed by atoms with Crippen LogP contribution in [0.2, 0.25) is 0 Å². The zero-order valence-electron chi connectivity index (χ0n) is 12.4. The van der Waals surface area contributed by atoms with Crippen LogP contribution in [0.4, 0.5) is 4.79 Å². The Morgan fingerprint density at radius 3 is 2.60 bits per heavy atom. The van der Waals surface area contributed by atoms with Gasteiger partial charge in [-0.2, -0.15) is 0 Å². The lowest BCUT2D eigenvalue weighted by atomic mass is 9.90. The number of likely N-dealkylation sites (tertiary alicyclic amines) is 1. The number of nitrogens with two attached hydrogens (primary N) is 1. The van der Waals surface area contributed by atoms with E-state index in [1.807, 2.05) is 32.9 Å². The highest BCUT2D eigenvalue weighted by atomic mass is 16.6. The fourth-order valence-corrected chi connectivity index (χ4v) is 2.57. The topological polar surface area (TPSA) is 68.5 Å². The van der Waals surface area contributed by atoms with Gasteiger partial charge in [-0.05, 0) is 50.9 Å². The number of rotatable bonds is 2. The number of hydrogen-bond donors (Lipinski definition) is 1. The predicted molar refractivity (Wildman–Crippen MR) is 77.3 cm³/mol. The van der Waals surface area contributed by atoms with Crippen LogP contribution < -0.4 is 5.73 Å². The third kappa shape index (κ3) is 3.48. The Balaban J connectivity index is 2.08. The molecule has 1 aromatic heterocycles. The lowest BCUT2D eigenvalue weighted by Gasteiger charge is -2.24. The van der Waals surface area contributed by atoms with Gasteiger partial charge in [0.2, 0.25) is 0 Å². The molecule has 0 spiro atoms. The minimum atomic E-state index is -0.468. The molecule has 0 saturated carbocycles. The number of amides is 1. The highest BCUT2D eigenvalue weighted by Crippen LogP contribution is 2.32. The molecule has 0 aliphatic carbocycles. The SMILES string of the molecule is CC(C)(C)OC(=O)N1CC(CN)C(c2ccncc2)C1. The first-order valence-electron chi connectivity index (χ1n) is 6.98. The predicted octanol–water partition coefficient (Wildman–Crippen LogP) is 1.99.